The summed E-state index contributed by atoms with van der Waals surface area (Å²) < 4.78 is 63.3. The van der Waals surface area contributed by atoms with Gasteiger partial charge in [-0.1, -0.05) is 12.1 Å². The molecule has 0 aliphatic rings. The number of nitrogens with zero attached hydrogens (tertiary/aromatic N) is 1. The highest BCUT2D eigenvalue weighted by Crippen LogP contribution is 2.33. The van der Waals surface area contributed by atoms with E-state index in [2.05, 4.69) is 5.32 Å². The van der Waals surface area contributed by atoms with Gasteiger partial charge in [0.1, 0.15) is 23.9 Å². The molecule has 1 N–H and O–H groups in total. The number of ether oxygens (including phenoxy) is 4. The zero-order valence-corrected chi connectivity index (χ0v) is 20.4. The Balaban J connectivity index is 2.00. The average Bonchev–Trinajstić information content (AvgIpc) is 2.87. The van der Waals surface area contributed by atoms with E-state index >= 15 is 0 Å². The Bertz CT molecular complexity index is 1310. The molecule has 186 valence electrons. The third-order valence-corrected chi connectivity index (χ3v) is 6.79. The molecule has 0 aromatic heterocycles. The number of carbonyl (C=O) groups excluding carboxylic acids is 1. The van der Waals surface area contributed by atoms with Gasteiger partial charge in [-0.05, 0) is 36.4 Å². The number of sulfonamides is 1. The summed E-state index contributed by atoms with van der Waals surface area (Å²) in [5.41, 5.74) is -0.00516. The van der Waals surface area contributed by atoms with Crippen LogP contribution in [0.2, 0.25) is 0 Å². The van der Waals surface area contributed by atoms with Crippen LogP contribution < -0.4 is 28.6 Å². The monoisotopic (exact) mass is 504 g/mol. The lowest BCUT2D eigenvalue weighted by atomic mass is 10.2. The number of benzene rings is 3. The van der Waals surface area contributed by atoms with Crippen molar-refractivity contribution in [2.45, 2.75) is 4.90 Å². The molecule has 1 amide bonds. The second kappa shape index (κ2) is 11.0. The molecule has 0 aliphatic carbocycles. The van der Waals surface area contributed by atoms with Gasteiger partial charge in [-0.25, -0.2) is 12.8 Å². The van der Waals surface area contributed by atoms with Crippen molar-refractivity contribution in [1.29, 1.82) is 0 Å². The van der Waals surface area contributed by atoms with Gasteiger partial charge in [0.05, 0.1) is 44.7 Å². The van der Waals surface area contributed by atoms with E-state index < -0.39 is 28.3 Å². The van der Waals surface area contributed by atoms with Crippen molar-refractivity contribution in [2.24, 2.45) is 0 Å². The maximum Gasteiger partial charge on any atom is 0.265 e. The molecule has 0 atom stereocenters. The molecule has 0 aliphatic heterocycles. The van der Waals surface area contributed by atoms with Crippen molar-refractivity contribution >= 4 is 27.3 Å². The Hall–Kier alpha value is -3.99. The van der Waals surface area contributed by atoms with Crippen molar-refractivity contribution in [2.75, 3.05) is 44.6 Å². The molecule has 3 aromatic carbocycles. The van der Waals surface area contributed by atoms with Crippen molar-refractivity contribution in [3.63, 3.8) is 0 Å². The first kappa shape index (κ1) is 25.6. The molecule has 0 heterocycles. The summed E-state index contributed by atoms with van der Waals surface area (Å²) in [6, 6.07) is 13.9. The number of methoxy groups -OCH3 is 4. The molecule has 0 saturated carbocycles. The molecule has 3 rings (SSSR count). The van der Waals surface area contributed by atoms with Gasteiger partial charge >= 0.3 is 0 Å². The van der Waals surface area contributed by atoms with E-state index in [1.807, 2.05) is 0 Å². The molecule has 0 spiro atoms. The first-order valence-electron chi connectivity index (χ1n) is 10.3. The zero-order valence-electron chi connectivity index (χ0n) is 19.6. The van der Waals surface area contributed by atoms with E-state index in [-0.39, 0.29) is 22.0 Å². The highest BCUT2D eigenvalue weighted by atomic mass is 32.2. The fourth-order valence-corrected chi connectivity index (χ4v) is 4.72. The minimum Gasteiger partial charge on any atom is -0.497 e. The first-order valence-corrected chi connectivity index (χ1v) is 11.7. The van der Waals surface area contributed by atoms with Crippen LogP contribution in [0.15, 0.2) is 65.6 Å². The quantitative estimate of drug-likeness (QED) is 0.449. The molecule has 0 fully saturated rings. The number of para-hydroxylation sites is 1. The number of carbonyl (C=O) groups is 1. The smallest absolute Gasteiger partial charge is 0.265 e. The number of hydrogen-bond acceptors (Lipinski definition) is 7. The summed E-state index contributed by atoms with van der Waals surface area (Å²) in [6.45, 7) is -0.715. The van der Waals surface area contributed by atoms with E-state index in [0.29, 0.717) is 21.6 Å². The average molecular weight is 505 g/mol. The molecule has 11 heteroatoms. The lowest BCUT2D eigenvalue weighted by Gasteiger charge is -2.25. The van der Waals surface area contributed by atoms with Crippen LogP contribution in [0.3, 0.4) is 0 Å². The third kappa shape index (κ3) is 5.57. The minimum absolute atomic E-state index is 0.162. The molecule has 0 saturated heterocycles. The number of nitrogens with one attached hydrogen (secondary N) is 1. The summed E-state index contributed by atoms with van der Waals surface area (Å²) >= 11 is 0. The van der Waals surface area contributed by atoms with E-state index in [4.69, 9.17) is 18.9 Å². The van der Waals surface area contributed by atoms with Gasteiger partial charge in [0.15, 0.2) is 11.5 Å². The second-order valence-corrected chi connectivity index (χ2v) is 8.96. The van der Waals surface area contributed by atoms with Gasteiger partial charge in [0.25, 0.3) is 10.0 Å². The van der Waals surface area contributed by atoms with Crippen molar-refractivity contribution in [1.82, 2.24) is 0 Å². The Morgan fingerprint density at radius 3 is 2.17 bits per heavy atom. The first-order chi connectivity index (χ1) is 16.7. The van der Waals surface area contributed by atoms with Gasteiger partial charge in [0.2, 0.25) is 5.91 Å². The number of rotatable bonds is 10. The fourth-order valence-electron chi connectivity index (χ4n) is 3.28. The van der Waals surface area contributed by atoms with Gasteiger partial charge in [-0.2, -0.15) is 0 Å². The van der Waals surface area contributed by atoms with Crippen molar-refractivity contribution in [3.8, 4) is 23.0 Å². The third-order valence-electron chi connectivity index (χ3n) is 5.03. The Kier molecular flexibility index (Phi) is 8.02. The van der Waals surface area contributed by atoms with Crippen molar-refractivity contribution < 1.29 is 36.6 Å². The van der Waals surface area contributed by atoms with E-state index in [9.17, 15) is 17.6 Å². The summed E-state index contributed by atoms with van der Waals surface area (Å²) in [5.74, 6) is -0.253. The highest BCUT2D eigenvalue weighted by Gasteiger charge is 2.30. The summed E-state index contributed by atoms with van der Waals surface area (Å²) in [5, 5.41) is 2.60. The number of amides is 1. The normalized spacial score (nSPS) is 10.9. The van der Waals surface area contributed by atoms with Gasteiger partial charge < -0.3 is 24.3 Å². The molecule has 35 heavy (non-hydrogen) atoms. The molecular formula is C24H25FN2O7S. The maximum absolute atomic E-state index is 14.7. The summed E-state index contributed by atoms with van der Waals surface area (Å²) in [7, 11) is 1.27. The molecule has 9 nitrogen and oxygen atoms in total. The van der Waals surface area contributed by atoms with Crippen LogP contribution in [0.5, 0.6) is 23.0 Å². The fraction of sp³-hybridized carbons (Fsp3) is 0.208. The predicted molar refractivity (Wildman–Crippen MR) is 129 cm³/mol. The predicted octanol–water partition coefficient (Wildman–Crippen LogP) is 3.69. The lowest BCUT2D eigenvalue weighted by molar-refractivity contribution is -0.114. The largest absolute Gasteiger partial charge is 0.497 e. The van der Waals surface area contributed by atoms with Gasteiger partial charge in [0, 0.05) is 12.1 Å². The van der Waals surface area contributed by atoms with E-state index in [1.165, 1.54) is 64.8 Å². The summed E-state index contributed by atoms with van der Waals surface area (Å²) in [6.07, 6.45) is 0. The Labute approximate surface area is 203 Å². The van der Waals surface area contributed by atoms with Gasteiger partial charge in [-0.3, -0.25) is 9.10 Å². The number of hydrogen-bond donors (Lipinski definition) is 1. The molecule has 0 radical (unpaired) electrons. The Morgan fingerprint density at radius 1 is 0.857 bits per heavy atom. The van der Waals surface area contributed by atoms with Crippen LogP contribution >= 0.6 is 0 Å². The maximum atomic E-state index is 14.7. The van der Waals surface area contributed by atoms with E-state index in [1.54, 1.807) is 18.2 Å². The van der Waals surface area contributed by atoms with Crippen LogP contribution in [0, 0.1) is 5.82 Å². The van der Waals surface area contributed by atoms with Crippen LogP contribution in [-0.4, -0.2) is 49.3 Å². The topological polar surface area (TPSA) is 103 Å². The number of halogens is 1. The summed E-state index contributed by atoms with van der Waals surface area (Å²) in [4.78, 5) is 12.7. The van der Waals surface area contributed by atoms with E-state index in [0.717, 1.165) is 6.07 Å². The van der Waals surface area contributed by atoms with Crippen LogP contribution in [-0.2, 0) is 14.8 Å². The standard InChI is InChI=1S/C24H25FN2O7S/c1-31-16-9-11-19(22(13-16)33-3)26-24(28)15-27(20-8-6-5-7-18(20)25)35(29,30)17-10-12-21(32-2)23(14-17)34-4/h5-14H,15H2,1-4H3,(H,26,28). The molecule has 3 aromatic rings. The Morgan fingerprint density at radius 2 is 1.54 bits per heavy atom. The number of anilines is 2. The molecule has 0 bridgehead atoms. The van der Waals surface area contributed by atoms with Crippen molar-refractivity contribution in [3.05, 3.63) is 66.5 Å². The SMILES string of the molecule is COc1ccc(NC(=O)CN(c2ccccc2F)S(=O)(=O)c2ccc(OC)c(OC)c2)c(OC)c1. The van der Waals surface area contributed by atoms with Gasteiger partial charge in [-0.15, -0.1) is 0 Å². The van der Waals surface area contributed by atoms with Crippen LogP contribution in [0.25, 0.3) is 0 Å². The molecule has 0 unspecified atom stereocenters. The van der Waals surface area contributed by atoms with Crippen LogP contribution in [0.4, 0.5) is 15.8 Å². The zero-order chi connectivity index (χ0) is 25.6. The second-order valence-electron chi connectivity index (χ2n) is 7.09. The van der Waals surface area contributed by atoms with Crippen LogP contribution in [0.1, 0.15) is 0 Å². The lowest BCUT2D eigenvalue weighted by Crippen LogP contribution is -2.38. The molecular weight excluding hydrogens is 479 g/mol. The highest BCUT2D eigenvalue weighted by molar-refractivity contribution is 7.92. The minimum atomic E-state index is -4.40.